The highest BCUT2D eigenvalue weighted by molar-refractivity contribution is 9.10. The smallest absolute Gasteiger partial charge is 0.261 e. The van der Waals surface area contributed by atoms with E-state index < -0.39 is 10.0 Å². The monoisotopic (exact) mass is 390 g/mol. The minimum Gasteiger partial charge on any atom is -0.496 e. The number of ether oxygens (including phenoxy) is 1. The van der Waals surface area contributed by atoms with Crippen molar-refractivity contribution < 1.29 is 13.2 Å². The molecule has 0 radical (unpaired) electrons. The van der Waals surface area contributed by atoms with Crippen LogP contribution < -0.4 is 9.46 Å². The van der Waals surface area contributed by atoms with Crippen molar-refractivity contribution in [2.45, 2.75) is 11.8 Å². The second kappa shape index (κ2) is 6.21. The lowest BCUT2D eigenvalue weighted by Crippen LogP contribution is -2.13. The third-order valence-corrected chi connectivity index (χ3v) is 5.24. The summed E-state index contributed by atoms with van der Waals surface area (Å²) in [6.45, 7) is 1.78. The number of sulfonamides is 1. The molecule has 8 heteroatoms. The minimum atomic E-state index is -3.70. The molecule has 0 saturated heterocycles. The Bertz CT molecular complexity index is 781. The number of nitrogens with one attached hydrogen (secondary N) is 1. The first-order valence-electron chi connectivity index (χ1n) is 5.82. The normalized spacial score (nSPS) is 11.2. The molecule has 0 atom stereocenters. The Kier molecular flexibility index (Phi) is 4.75. The molecular formula is C13H12BrClN2O3S. The van der Waals surface area contributed by atoms with E-state index in [1.54, 1.807) is 25.1 Å². The fourth-order valence-corrected chi connectivity index (χ4v) is 3.28. The van der Waals surface area contributed by atoms with Gasteiger partial charge in [0, 0.05) is 0 Å². The van der Waals surface area contributed by atoms with Crippen LogP contribution in [-0.4, -0.2) is 20.5 Å². The molecule has 21 heavy (non-hydrogen) atoms. The first-order chi connectivity index (χ1) is 9.83. The lowest BCUT2D eigenvalue weighted by atomic mass is 10.2. The summed E-state index contributed by atoms with van der Waals surface area (Å²) >= 11 is 8.97. The van der Waals surface area contributed by atoms with Crippen LogP contribution in [0.15, 0.2) is 39.8 Å². The number of rotatable bonds is 4. The number of anilines is 1. The number of halogens is 2. The summed E-state index contributed by atoms with van der Waals surface area (Å²) in [5.74, 6) is 0.629. The number of hydrogen-bond acceptors (Lipinski definition) is 4. The average molecular weight is 392 g/mol. The SMILES string of the molecule is COc1ccc(S(=O)(=O)Nc2cnc(Cl)c(Br)c2)cc1C. The average Bonchev–Trinajstić information content (AvgIpc) is 2.42. The van der Waals surface area contributed by atoms with Crippen LogP contribution in [0.2, 0.25) is 5.15 Å². The van der Waals surface area contributed by atoms with E-state index >= 15 is 0 Å². The van der Waals surface area contributed by atoms with Crippen molar-refractivity contribution in [3.8, 4) is 5.75 Å². The quantitative estimate of drug-likeness (QED) is 0.808. The summed E-state index contributed by atoms with van der Waals surface area (Å²) in [5.41, 5.74) is 1.05. The Morgan fingerprint density at radius 3 is 2.62 bits per heavy atom. The van der Waals surface area contributed by atoms with Crippen molar-refractivity contribution in [2.75, 3.05) is 11.8 Å². The van der Waals surface area contributed by atoms with E-state index in [1.165, 1.54) is 19.4 Å². The van der Waals surface area contributed by atoms with Gasteiger partial charge in [0.15, 0.2) is 0 Å². The molecule has 2 aromatic rings. The van der Waals surface area contributed by atoms with E-state index in [4.69, 9.17) is 16.3 Å². The second-order valence-electron chi connectivity index (χ2n) is 4.23. The van der Waals surface area contributed by atoms with Gasteiger partial charge >= 0.3 is 0 Å². The van der Waals surface area contributed by atoms with Gasteiger partial charge in [0.05, 0.1) is 28.4 Å². The third-order valence-electron chi connectivity index (χ3n) is 2.73. The Morgan fingerprint density at radius 1 is 1.33 bits per heavy atom. The van der Waals surface area contributed by atoms with Crippen LogP contribution in [0.4, 0.5) is 5.69 Å². The van der Waals surface area contributed by atoms with Gasteiger partial charge in [-0.3, -0.25) is 4.72 Å². The lowest BCUT2D eigenvalue weighted by Gasteiger charge is -2.10. The van der Waals surface area contributed by atoms with Gasteiger partial charge in [-0.1, -0.05) is 11.6 Å². The molecule has 1 heterocycles. The molecule has 0 aliphatic carbocycles. The van der Waals surface area contributed by atoms with E-state index in [-0.39, 0.29) is 10.0 Å². The van der Waals surface area contributed by atoms with Crippen LogP contribution in [0.1, 0.15) is 5.56 Å². The fraction of sp³-hybridized carbons (Fsp3) is 0.154. The molecule has 5 nitrogen and oxygen atoms in total. The molecule has 1 N–H and O–H groups in total. The molecule has 2 rings (SSSR count). The van der Waals surface area contributed by atoms with Crippen LogP contribution >= 0.6 is 27.5 Å². The van der Waals surface area contributed by atoms with Gasteiger partial charge in [0.2, 0.25) is 0 Å². The van der Waals surface area contributed by atoms with E-state index in [0.29, 0.717) is 15.9 Å². The molecular weight excluding hydrogens is 380 g/mol. The van der Waals surface area contributed by atoms with E-state index in [1.807, 2.05) is 0 Å². The molecule has 1 aromatic heterocycles. The predicted octanol–water partition coefficient (Wildman–Crippen LogP) is 3.62. The summed E-state index contributed by atoms with van der Waals surface area (Å²) in [6.07, 6.45) is 1.35. The van der Waals surface area contributed by atoms with Crippen LogP contribution in [0, 0.1) is 6.92 Å². The van der Waals surface area contributed by atoms with Gasteiger partial charge in [-0.2, -0.15) is 0 Å². The Labute approximate surface area is 136 Å². The molecule has 112 valence electrons. The first-order valence-corrected chi connectivity index (χ1v) is 8.47. The van der Waals surface area contributed by atoms with Gasteiger partial charge in [0.1, 0.15) is 10.9 Å². The van der Waals surface area contributed by atoms with E-state index in [0.717, 1.165) is 5.56 Å². The highest BCUT2D eigenvalue weighted by atomic mass is 79.9. The van der Waals surface area contributed by atoms with Gasteiger partial charge in [0.25, 0.3) is 10.0 Å². The maximum absolute atomic E-state index is 12.3. The zero-order valence-electron chi connectivity index (χ0n) is 11.2. The molecule has 0 aliphatic rings. The maximum atomic E-state index is 12.3. The van der Waals surface area contributed by atoms with Crippen LogP contribution in [0.5, 0.6) is 5.75 Å². The lowest BCUT2D eigenvalue weighted by molar-refractivity contribution is 0.411. The van der Waals surface area contributed by atoms with Crippen molar-refractivity contribution in [3.05, 3.63) is 45.7 Å². The van der Waals surface area contributed by atoms with Crippen molar-refractivity contribution in [1.82, 2.24) is 4.98 Å². The van der Waals surface area contributed by atoms with Crippen molar-refractivity contribution in [3.63, 3.8) is 0 Å². The number of benzene rings is 1. The summed E-state index contributed by atoms with van der Waals surface area (Å²) in [6, 6.07) is 6.18. The summed E-state index contributed by atoms with van der Waals surface area (Å²) in [5, 5.41) is 0.262. The molecule has 0 amide bonds. The Morgan fingerprint density at radius 2 is 2.05 bits per heavy atom. The molecule has 0 saturated carbocycles. The number of nitrogens with zero attached hydrogens (tertiary/aromatic N) is 1. The topological polar surface area (TPSA) is 68.3 Å². The van der Waals surface area contributed by atoms with Crippen molar-refractivity contribution in [1.29, 1.82) is 0 Å². The highest BCUT2D eigenvalue weighted by Gasteiger charge is 2.16. The van der Waals surface area contributed by atoms with Crippen LogP contribution in [0.25, 0.3) is 0 Å². The maximum Gasteiger partial charge on any atom is 0.261 e. The fourth-order valence-electron chi connectivity index (χ4n) is 1.71. The standard InChI is InChI=1S/C13H12BrClN2O3S/c1-8-5-10(3-4-12(8)20-2)21(18,19)17-9-6-11(14)13(15)16-7-9/h3-7,17H,1-2H3. The zero-order valence-corrected chi connectivity index (χ0v) is 14.4. The highest BCUT2D eigenvalue weighted by Crippen LogP contribution is 2.26. The largest absolute Gasteiger partial charge is 0.496 e. The molecule has 1 aromatic carbocycles. The van der Waals surface area contributed by atoms with Gasteiger partial charge in [-0.05, 0) is 52.7 Å². The Balaban J connectivity index is 2.33. The number of pyridine rings is 1. The van der Waals surface area contributed by atoms with E-state index in [2.05, 4.69) is 25.6 Å². The molecule has 0 fully saturated rings. The van der Waals surface area contributed by atoms with Crippen molar-refractivity contribution in [2.24, 2.45) is 0 Å². The van der Waals surface area contributed by atoms with E-state index in [9.17, 15) is 8.42 Å². The second-order valence-corrected chi connectivity index (χ2v) is 7.13. The summed E-state index contributed by atoms with van der Waals surface area (Å²) in [7, 11) is -2.17. The van der Waals surface area contributed by atoms with Gasteiger partial charge in [-0.25, -0.2) is 13.4 Å². The summed E-state index contributed by atoms with van der Waals surface area (Å²) in [4.78, 5) is 4.02. The van der Waals surface area contributed by atoms with Gasteiger partial charge in [-0.15, -0.1) is 0 Å². The van der Waals surface area contributed by atoms with Gasteiger partial charge < -0.3 is 4.74 Å². The molecule has 0 bridgehead atoms. The molecule has 0 aliphatic heterocycles. The number of aryl methyl sites for hydroxylation is 1. The molecule has 0 spiro atoms. The Hall–Kier alpha value is -1.31. The number of aromatic nitrogens is 1. The predicted molar refractivity (Wildman–Crippen MR) is 85.5 cm³/mol. The van der Waals surface area contributed by atoms with Crippen LogP contribution in [-0.2, 0) is 10.0 Å². The molecule has 0 unspecified atom stereocenters. The summed E-state index contributed by atoms with van der Waals surface area (Å²) < 4.78 is 32.7. The van der Waals surface area contributed by atoms with Crippen molar-refractivity contribution >= 4 is 43.2 Å². The first kappa shape index (κ1) is 16.1. The third kappa shape index (κ3) is 3.66. The number of hydrogen-bond donors (Lipinski definition) is 1. The minimum absolute atomic E-state index is 0.145. The number of methoxy groups -OCH3 is 1. The van der Waals surface area contributed by atoms with Crippen LogP contribution in [0.3, 0.4) is 0 Å². The zero-order chi connectivity index (χ0) is 15.6.